The molecule has 0 unspecified atom stereocenters. The zero-order valence-electron chi connectivity index (χ0n) is 14.3. The van der Waals surface area contributed by atoms with Gasteiger partial charge in [0.1, 0.15) is 17.2 Å². The first kappa shape index (κ1) is 20.9. The summed E-state index contributed by atoms with van der Waals surface area (Å²) in [4.78, 5) is 12.2. The topological polar surface area (TPSA) is 68.8 Å². The summed E-state index contributed by atoms with van der Waals surface area (Å²) >= 11 is 11.9. The van der Waals surface area contributed by atoms with Gasteiger partial charge in [-0.3, -0.25) is 4.79 Å². The Bertz CT molecular complexity index is 822. The Morgan fingerprint density at radius 3 is 2.30 bits per heavy atom. The van der Waals surface area contributed by atoms with Crippen molar-refractivity contribution in [1.29, 1.82) is 0 Å². The van der Waals surface area contributed by atoms with Crippen molar-refractivity contribution in [3.05, 3.63) is 40.4 Å². The summed E-state index contributed by atoms with van der Waals surface area (Å²) in [6, 6.07) is 7.16. The van der Waals surface area contributed by atoms with Crippen molar-refractivity contribution in [1.82, 2.24) is 0 Å². The summed E-state index contributed by atoms with van der Waals surface area (Å²) in [5.74, 6) is 0.240. The number of amides is 1. The molecule has 10 heteroatoms. The van der Waals surface area contributed by atoms with E-state index in [9.17, 15) is 13.6 Å². The molecule has 6 nitrogen and oxygen atoms in total. The molecule has 0 fully saturated rings. The number of hydrogen-bond donors (Lipinski definition) is 2. The van der Waals surface area contributed by atoms with Gasteiger partial charge in [-0.05, 0) is 24.3 Å². The second kappa shape index (κ2) is 9.48. The van der Waals surface area contributed by atoms with Crippen LogP contribution in [0.2, 0.25) is 10.0 Å². The Kier molecular flexibility index (Phi) is 7.32. The smallest absolute Gasteiger partial charge is 0.387 e. The van der Waals surface area contributed by atoms with Crippen LogP contribution in [-0.2, 0) is 4.79 Å². The largest absolute Gasteiger partial charge is 0.495 e. The minimum absolute atomic E-state index is 0.00989. The van der Waals surface area contributed by atoms with E-state index < -0.39 is 12.5 Å². The maximum Gasteiger partial charge on any atom is 0.387 e. The molecule has 2 aromatic rings. The number of alkyl halides is 2. The number of carbonyl (C=O) groups is 1. The van der Waals surface area contributed by atoms with Gasteiger partial charge in [-0.2, -0.15) is 8.78 Å². The summed E-state index contributed by atoms with van der Waals surface area (Å²) in [7, 11) is 2.91. The van der Waals surface area contributed by atoms with Crippen LogP contribution < -0.4 is 24.8 Å². The van der Waals surface area contributed by atoms with E-state index in [1.807, 2.05) is 0 Å². The van der Waals surface area contributed by atoms with E-state index in [4.69, 9.17) is 32.7 Å². The number of carbonyl (C=O) groups excluding carboxylic acids is 1. The molecule has 2 N–H and O–H groups in total. The van der Waals surface area contributed by atoms with Crippen molar-refractivity contribution in [2.75, 3.05) is 31.4 Å². The Morgan fingerprint density at radius 2 is 1.70 bits per heavy atom. The van der Waals surface area contributed by atoms with Crippen LogP contribution in [0, 0.1) is 0 Å². The Labute approximate surface area is 164 Å². The van der Waals surface area contributed by atoms with Gasteiger partial charge in [-0.25, -0.2) is 0 Å². The van der Waals surface area contributed by atoms with E-state index in [0.717, 1.165) is 0 Å². The van der Waals surface area contributed by atoms with Crippen molar-refractivity contribution in [3.63, 3.8) is 0 Å². The first-order chi connectivity index (χ1) is 12.8. The minimum atomic E-state index is -2.97. The van der Waals surface area contributed by atoms with E-state index >= 15 is 0 Å². The molecule has 0 atom stereocenters. The highest BCUT2D eigenvalue weighted by atomic mass is 35.5. The van der Waals surface area contributed by atoms with Crippen molar-refractivity contribution < 1.29 is 27.8 Å². The van der Waals surface area contributed by atoms with Crippen LogP contribution in [0.25, 0.3) is 0 Å². The average molecular weight is 421 g/mol. The second-order valence-electron chi connectivity index (χ2n) is 5.11. The first-order valence-corrected chi connectivity index (χ1v) is 8.29. The normalized spacial score (nSPS) is 10.5. The van der Waals surface area contributed by atoms with Gasteiger partial charge in [0.2, 0.25) is 5.91 Å². The van der Waals surface area contributed by atoms with Crippen LogP contribution in [0.15, 0.2) is 30.3 Å². The molecule has 146 valence electrons. The van der Waals surface area contributed by atoms with Crippen molar-refractivity contribution in [2.24, 2.45) is 0 Å². The fraction of sp³-hybridized carbons (Fsp3) is 0.235. The van der Waals surface area contributed by atoms with Gasteiger partial charge >= 0.3 is 6.61 Å². The molecule has 2 aromatic carbocycles. The average Bonchev–Trinajstić information content (AvgIpc) is 2.62. The molecule has 2 rings (SSSR count). The van der Waals surface area contributed by atoms with Crippen LogP contribution in [0.5, 0.6) is 17.2 Å². The first-order valence-electron chi connectivity index (χ1n) is 7.53. The summed E-state index contributed by atoms with van der Waals surface area (Å²) < 4.78 is 39.0. The van der Waals surface area contributed by atoms with E-state index in [0.29, 0.717) is 27.9 Å². The summed E-state index contributed by atoms with van der Waals surface area (Å²) in [6.07, 6.45) is 0. The number of rotatable bonds is 8. The van der Waals surface area contributed by atoms with Crippen LogP contribution in [-0.4, -0.2) is 33.3 Å². The summed E-state index contributed by atoms with van der Waals surface area (Å²) in [5, 5.41) is 5.77. The zero-order chi connectivity index (χ0) is 20.0. The lowest BCUT2D eigenvalue weighted by Crippen LogP contribution is -2.22. The third-order valence-corrected chi connectivity index (χ3v) is 3.94. The molecule has 0 aliphatic rings. The third kappa shape index (κ3) is 5.77. The predicted molar refractivity (Wildman–Crippen MR) is 99.8 cm³/mol. The molecule has 0 heterocycles. The molecular weight excluding hydrogens is 405 g/mol. The van der Waals surface area contributed by atoms with Crippen LogP contribution in [0.4, 0.5) is 20.2 Å². The highest BCUT2D eigenvalue weighted by Crippen LogP contribution is 2.36. The van der Waals surface area contributed by atoms with Gasteiger partial charge in [0.15, 0.2) is 0 Å². The maximum atomic E-state index is 12.2. The van der Waals surface area contributed by atoms with Gasteiger partial charge in [0.05, 0.1) is 36.5 Å². The highest BCUT2D eigenvalue weighted by molar-refractivity contribution is 6.32. The Hall–Kier alpha value is -2.45. The lowest BCUT2D eigenvalue weighted by molar-refractivity contribution is -0.114. The Balaban J connectivity index is 2.00. The number of ether oxygens (including phenoxy) is 3. The lowest BCUT2D eigenvalue weighted by atomic mass is 10.2. The number of methoxy groups -OCH3 is 2. The number of hydrogen-bond acceptors (Lipinski definition) is 5. The number of nitrogens with one attached hydrogen (secondary N) is 2. The summed E-state index contributed by atoms with van der Waals surface area (Å²) in [5.41, 5.74) is 0.824. The SMILES string of the molecule is COc1cc(OC)c(NC(=O)CNc2ccc(OC(F)F)c(Cl)c2)cc1Cl. The molecule has 1 amide bonds. The van der Waals surface area contributed by atoms with Gasteiger partial charge in [-0.1, -0.05) is 23.2 Å². The van der Waals surface area contributed by atoms with Gasteiger partial charge in [0, 0.05) is 11.8 Å². The predicted octanol–water partition coefficient (Wildman–Crippen LogP) is 4.66. The third-order valence-electron chi connectivity index (χ3n) is 3.35. The molecule has 0 aromatic heterocycles. The molecule has 0 aliphatic heterocycles. The monoisotopic (exact) mass is 420 g/mol. The number of benzene rings is 2. The fourth-order valence-electron chi connectivity index (χ4n) is 2.14. The molecular formula is C17H16Cl2F2N2O4. The molecule has 0 saturated carbocycles. The molecule has 0 saturated heterocycles. The van der Waals surface area contributed by atoms with Crippen molar-refractivity contribution in [2.45, 2.75) is 6.61 Å². The van der Waals surface area contributed by atoms with E-state index in [2.05, 4.69) is 15.4 Å². The Morgan fingerprint density at radius 1 is 1.04 bits per heavy atom. The van der Waals surface area contributed by atoms with Gasteiger partial charge in [0.25, 0.3) is 0 Å². The lowest BCUT2D eigenvalue weighted by Gasteiger charge is -2.14. The molecule has 0 radical (unpaired) electrons. The maximum absolute atomic E-state index is 12.2. The zero-order valence-corrected chi connectivity index (χ0v) is 15.8. The highest BCUT2D eigenvalue weighted by Gasteiger charge is 2.13. The molecule has 0 bridgehead atoms. The summed E-state index contributed by atoms with van der Waals surface area (Å²) in [6.45, 7) is -3.09. The molecule has 0 aliphatic carbocycles. The fourth-order valence-corrected chi connectivity index (χ4v) is 2.60. The number of anilines is 2. The number of halogens is 4. The molecule has 0 spiro atoms. The van der Waals surface area contributed by atoms with Gasteiger partial charge < -0.3 is 24.8 Å². The standard InChI is InChI=1S/C17H16Cl2F2N2O4/c1-25-14-7-15(26-2)12(6-11(14)19)23-16(24)8-22-9-3-4-13(10(18)5-9)27-17(20)21/h3-7,17,22H,8H2,1-2H3,(H,23,24). The second-order valence-corrected chi connectivity index (χ2v) is 5.93. The minimum Gasteiger partial charge on any atom is -0.495 e. The van der Waals surface area contributed by atoms with Crippen LogP contribution in [0.1, 0.15) is 0 Å². The van der Waals surface area contributed by atoms with Crippen LogP contribution >= 0.6 is 23.2 Å². The molecule has 27 heavy (non-hydrogen) atoms. The van der Waals surface area contributed by atoms with E-state index in [-0.39, 0.29) is 17.3 Å². The van der Waals surface area contributed by atoms with E-state index in [1.165, 1.54) is 38.5 Å². The van der Waals surface area contributed by atoms with E-state index in [1.54, 1.807) is 6.07 Å². The van der Waals surface area contributed by atoms with Crippen molar-refractivity contribution >= 4 is 40.5 Å². The van der Waals surface area contributed by atoms with Crippen LogP contribution in [0.3, 0.4) is 0 Å². The van der Waals surface area contributed by atoms with Gasteiger partial charge in [-0.15, -0.1) is 0 Å². The van der Waals surface area contributed by atoms with Crippen molar-refractivity contribution in [3.8, 4) is 17.2 Å². The quantitative estimate of drug-likeness (QED) is 0.649.